The van der Waals surface area contributed by atoms with E-state index in [1.807, 2.05) is 20.8 Å². The summed E-state index contributed by atoms with van der Waals surface area (Å²) in [6.07, 6.45) is 0.577. The number of carboxylic acids is 1. The number of aryl methyl sites for hydroxylation is 1. The van der Waals surface area contributed by atoms with Gasteiger partial charge in [0.25, 0.3) is 0 Å². The number of nitrogens with one attached hydrogen (secondary N) is 1. The maximum absolute atomic E-state index is 10.9. The van der Waals surface area contributed by atoms with Crippen molar-refractivity contribution in [2.24, 2.45) is 5.92 Å². The summed E-state index contributed by atoms with van der Waals surface area (Å²) in [6.45, 7) is 5.81. The number of hydrogen-bond donors (Lipinski definition) is 2. The van der Waals surface area contributed by atoms with Gasteiger partial charge in [0.05, 0.1) is 0 Å². The molecule has 0 saturated carbocycles. The number of carbonyl (C=O) groups is 1. The molecule has 1 rings (SSSR count). The number of anilines is 1. The molecular weight excluding hydrogens is 214 g/mol. The second kappa shape index (κ2) is 5.06. The van der Waals surface area contributed by atoms with E-state index in [1.165, 1.54) is 11.3 Å². The third-order valence-electron chi connectivity index (χ3n) is 1.83. The molecule has 0 aromatic carbocycles. The van der Waals surface area contributed by atoms with Gasteiger partial charge in [-0.25, -0.2) is 4.79 Å². The molecule has 1 aromatic heterocycles. The van der Waals surface area contributed by atoms with Crippen molar-refractivity contribution in [3.63, 3.8) is 0 Å². The molecule has 0 aliphatic heterocycles. The molecule has 0 unspecified atom stereocenters. The predicted molar refractivity (Wildman–Crippen MR) is 59.1 cm³/mol. The van der Waals surface area contributed by atoms with E-state index in [9.17, 15) is 4.79 Å². The van der Waals surface area contributed by atoms with Gasteiger partial charge in [0, 0.05) is 0 Å². The lowest BCUT2D eigenvalue weighted by Crippen LogP contribution is -2.30. The Morgan fingerprint density at radius 2 is 2.20 bits per heavy atom. The van der Waals surface area contributed by atoms with Crippen molar-refractivity contribution in [3.8, 4) is 0 Å². The van der Waals surface area contributed by atoms with Gasteiger partial charge < -0.3 is 10.4 Å². The minimum absolute atomic E-state index is 0.326. The van der Waals surface area contributed by atoms with Crippen LogP contribution in [0.25, 0.3) is 0 Å². The summed E-state index contributed by atoms with van der Waals surface area (Å²) in [5.74, 6) is -0.524. The molecule has 6 heteroatoms. The number of aliphatic carboxylic acids is 1. The van der Waals surface area contributed by atoms with E-state index >= 15 is 0 Å². The van der Waals surface area contributed by atoms with Gasteiger partial charge in [-0.1, -0.05) is 25.2 Å². The zero-order valence-electron chi connectivity index (χ0n) is 9.02. The average Bonchev–Trinajstić information content (AvgIpc) is 2.49. The van der Waals surface area contributed by atoms with Crippen molar-refractivity contribution in [2.75, 3.05) is 5.32 Å². The standard InChI is InChI=1S/C9H15N3O2S/c1-5(2)4-7(8(13)14)10-9-12-11-6(3)15-9/h5,7H,4H2,1-3H3,(H,10,12)(H,13,14)/t7-/m0/s1. The lowest BCUT2D eigenvalue weighted by Gasteiger charge is -2.14. The largest absolute Gasteiger partial charge is 0.480 e. The lowest BCUT2D eigenvalue weighted by atomic mass is 10.0. The van der Waals surface area contributed by atoms with Crippen molar-refractivity contribution in [3.05, 3.63) is 5.01 Å². The molecule has 0 aliphatic carbocycles. The summed E-state index contributed by atoms with van der Waals surface area (Å²) >= 11 is 1.36. The summed E-state index contributed by atoms with van der Waals surface area (Å²) in [5.41, 5.74) is 0. The normalized spacial score (nSPS) is 12.8. The van der Waals surface area contributed by atoms with Gasteiger partial charge in [-0.2, -0.15) is 0 Å². The molecule has 0 amide bonds. The Kier molecular flexibility index (Phi) is 4.02. The van der Waals surface area contributed by atoms with Gasteiger partial charge in [0.2, 0.25) is 5.13 Å². The monoisotopic (exact) mass is 229 g/mol. The maximum atomic E-state index is 10.9. The Balaban J connectivity index is 2.62. The van der Waals surface area contributed by atoms with E-state index in [0.717, 1.165) is 5.01 Å². The predicted octanol–water partition coefficient (Wildman–Crippen LogP) is 1.76. The van der Waals surface area contributed by atoms with Crippen molar-refractivity contribution in [1.82, 2.24) is 10.2 Å². The molecular formula is C9H15N3O2S. The summed E-state index contributed by atoms with van der Waals surface area (Å²) in [7, 11) is 0. The van der Waals surface area contributed by atoms with Crippen LogP contribution in [0.2, 0.25) is 0 Å². The Morgan fingerprint density at radius 3 is 2.60 bits per heavy atom. The first-order chi connectivity index (χ1) is 6.99. The Labute approximate surface area is 92.5 Å². The van der Waals surface area contributed by atoms with E-state index in [4.69, 9.17) is 5.11 Å². The first-order valence-electron chi connectivity index (χ1n) is 4.78. The third kappa shape index (κ3) is 3.83. The van der Waals surface area contributed by atoms with Crippen LogP contribution in [0.3, 0.4) is 0 Å². The highest BCUT2D eigenvalue weighted by Gasteiger charge is 2.19. The molecule has 5 nitrogen and oxygen atoms in total. The van der Waals surface area contributed by atoms with Gasteiger partial charge in [0.15, 0.2) is 0 Å². The van der Waals surface area contributed by atoms with Crippen molar-refractivity contribution >= 4 is 22.4 Å². The van der Waals surface area contributed by atoms with Crippen LogP contribution in [0.15, 0.2) is 0 Å². The highest BCUT2D eigenvalue weighted by Crippen LogP contribution is 2.17. The van der Waals surface area contributed by atoms with Crippen LogP contribution < -0.4 is 5.32 Å². The molecule has 0 fully saturated rings. The molecule has 0 spiro atoms. The first kappa shape index (κ1) is 11.9. The zero-order chi connectivity index (χ0) is 11.4. The summed E-state index contributed by atoms with van der Waals surface area (Å²) in [6, 6.07) is -0.586. The second-order valence-corrected chi connectivity index (χ2v) is 4.97. The minimum atomic E-state index is -0.850. The van der Waals surface area contributed by atoms with Crippen molar-refractivity contribution in [1.29, 1.82) is 0 Å². The average molecular weight is 229 g/mol. The van der Waals surface area contributed by atoms with Crippen LogP contribution >= 0.6 is 11.3 Å². The van der Waals surface area contributed by atoms with E-state index in [1.54, 1.807) is 0 Å². The molecule has 15 heavy (non-hydrogen) atoms. The Hall–Kier alpha value is -1.17. The van der Waals surface area contributed by atoms with Crippen LogP contribution in [0.4, 0.5) is 5.13 Å². The molecule has 0 radical (unpaired) electrons. The van der Waals surface area contributed by atoms with Gasteiger partial charge in [0.1, 0.15) is 11.0 Å². The quantitative estimate of drug-likeness (QED) is 0.804. The van der Waals surface area contributed by atoms with Crippen LogP contribution in [0, 0.1) is 12.8 Å². The fraction of sp³-hybridized carbons (Fsp3) is 0.667. The molecule has 84 valence electrons. The fourth-order valence-electron chi connectivity index (χ4n) is 1.20. The van der Waals surface area contributed by atoms with Gasteiger partial charge in [-0.15, -0.1) is 10.2 Å². The van der Waals surface area contributed by atoms with Crippen molar-refractivity contribution < 1.29 is 9.90 Å². The van der Waals surface area contributed by atoms with Crippen LogP contribution in [-0.4, -0.2) is 27.3 Å². The number of hydrogen-bond acceptors (Lipinski definition) is 5. The number of nitrogens with zero attached hydrogens (tertiary/aromatic N) is 2. The van der Waals surface area contributed by atoms with Gasteiger partial charge in [-0.3, -0.25) is 0 Å². The Morgan fingerprint density at radius 1 is 1.53 bits per heavy atom. The van der Waals surface area contributed by atoms with E-state index < -0.39 is 12.0 Å². The molecule has 1 aromatic rings. The Bertz CT molecular complexity index is 338. The molecule has 1 atom stereocenters. The van der Waals surface area contributed by atoms with E-state index in [0.29, 0.717) is 17.5 Å². The maximum Gasteiger partial charge on any atom is 0.326 e. The molecule has 1 heterocycles. The number of carboxylic acid groups (broad SMARTS) is 1. The fourth-order valence-corrected chi connectivity index (χ4v) is 1.84. The first-order valence-corrected chi connectivity index (χ1v) is 5.60. The highest BCUT2D eigenvalue weighted by atomic mass is 32.1. The van der Waals surface area contributed by atoms with E-state index in [-0.39, 0.29) is 0 Å². The third-order valence-corrected chi connectivity index (χ3v) is 2.60. The van der Waals surface area contributed by atoms with Gasteiger partial charge >= 0.3 is 5.97 Å². The van der Waals surface area contributed by atoms with E-state index in [2.05, 4.69) is 15.5 Å². The molecule has 0 bridgehead atoms. The molecule has 0 saturated heterocycles. The number of aromatic nitrogens is 2. The second-order valence-electron chi connectivity index (χ2n) is 3.79. The van der Waals surface area contributed by atoms with Crippen molar-refractivity contribution in [2.45, 2.75) is 33.2 Å². The lowest BCUT2D eigenvalue weighted by molar-refractivity contribution is -0.138. The number of rotatable bonds is 5. The summed E-state index contributed by atoms with van der Waals surface area (Å²) < 4.78 is 0. The van der Waals surface area contributed by atoms with Crippen LogP contribution in [-0.2, 0) is 4.79 Å². The zero-order valence-corrected chi connectivity index (χ0v) is 9.84. The highest BCUT2D eigenvalue weighted by molar-refractivity contribution is 7.15. The summed E-state index contributed by atoms with van der Waals surface area (Å²) in [5, 5.41) is 20.9. The van der Waals surface area contributed by atoms with Crippen LogP contribution in [0.5, 0.6) is 0 Å². The smallest absolute Gasteiger partial charge is 0.326 e. The van der Waals surface area contributed by atoms with Gasteiger partial charge in [-0.05, 0) is 19.3 Å². The van der Waals surface area contributed by atoms with Crippen LogP contribution in [0.1, 0.15) is 25.3 Å². The summed E-state index contributed by atoms with van der Waals surface area (Å²) in [4.78, 5) is 10.9. The topological polar surface area (TPSA) is 75.1 Å². The SMILES string of the molecule is Cc1nnc(N[C@@H](CC(C)C)C(=O)O)s1. The molecule has 2 N–H and O–H groups in total. The minimum Gasteiger partial charge on any atom is -0.480 e. The molecule has 0 aliphatic rings.